The Balaban J connectivity index is 2.04. The van der Waals surface area contributed by atoms with Gasteiger partial charge >= 0.3 is 0 Å². The molecule has 3 unspecified atom stereocenters. The second-order valence-electron chi connectivity index (χ2n) is 8.06. The van der Waals surface area contributed by atoms with Gasteiger partial charge in [0.25, 0.3) is 0 Å². The van der Waals surface area contributed by atoms with E-state index in [1.807, 2.05) is 13.8 Å². The van der Waals surface area contributed by atoms with Gasteiger partial charge in [0.2, 0.25) is 11.8 Å². The molecule has 0 aromatic heterocycles. The molecule has 6 N–H and O–H groups in total. The summed E-state index contributed by atoms with van der Waals surface area (Å²) in [5, 5.41) is 46.7. The highest BCUT2D eigenvalue weighted by Crippen LogP contribution is 2.13. The molecule has 2 amide bonds. The summed E-state index contributed by atoms with van der Waals surface area (Å²) in [6.07, 6.45) is -4.48. The predicted octanol–water partition coefficient (Wildman–Crippen LogP) is -0.0816. The normalized spacial score (nSPS) is 14.0. The van der Waals surface area contributed by atoms with E-state index in [0.717, 1.165) is 6.21 Å². The second kappa shape index (κ2) is 16.1. The predicted molar refractivity (Wildman–Crippen MR) is 140 cm³/mol. The number of nitrogens with one attached hydrogen (secondary N) is 2. The zero-order valence-electron chi connectivity index (χ0n) is 21.3. The van der Waals surface area contributed by atoms with Crippen LogP contribution in [0.3, 0.4) is 0 Å². The van der Waals surface area contributed by atoms with Gasteiger partial charge in [0.05, 0.1) is 38.9 Å². The Labute approximate surface area is 220 Å². The van der Waals surface area contributed by atoms with E-state index in [1.54, 1.807) is 48.5 Å². The minimum absolute atomic E-state index is 0.00342. The van der Waals surface area contributed by atoms with Gasteiger partial charge < -0.3 is 29.9 Å². The number of rotatable bonds is 15. The molecule has 2 aromatic carbocycles. The first-order chi connectivity index (χ1) is 18.3. The molecule has 0 heterocycles. The van der Waals surface area contributed by atoms with Gasteiger partial charge in [-0.05, 0) is 49.2 Å². The van der Waals surface area contributed by atoms with E-state index in [0.29, 0.717) is 35.8 Å². The molecule has 0 bridgehead atoms. The zero-order valence-corrected chi connectivity index (χ0v) is 21.3. The van der Waals surface area contributed by atoms with Crippen LogP contribution in [0.1, 0.15) is 25.0 Å². The summed E-state index contributed by atoms with van der Waals surface area (Å²) in [5.74, 6) is 0.328. The van der Waals surface area contributed by atoms with Gasteiger partial charge in [-0.2, -0.15) is 10.2 Å². The van der Waals surface area contributed by atoms with Crippen LogP contribution in [0.25, 0.3) is 0 Å². The molecular formula is C26H34N4O8. The average molecular weight is 531 g/mol. The van der Waals surface area contributed by atoms with Crippen molar-refractivity contribution in [2.45, 2.75) is 45.0 Å². The first kappa shape index (κ1) is 30.4. The van der Waals surface area contributed by atoms with E-state index in [9.17, 15) is 24.9 Å². The summed E-state index contributed by atoms with van der Waals surface area (Å²) in [6.45, 7) is 3.94. The van der Waals surface area contributed by atoms with Crippen molar-refractivity contribution in [1.29, 1.82) is 0 Å². The Hall–Kier alpha value is -3.84. The zero-order chi connectivity index (χ0) is 27.9. The molecule has 12 heteroatoms. The maximum absolute atomic E-state index is 12.4. The van der Waals surface area contributed by atoms with E-state index in [4.69, 9.17) is 14.6 Å². The average Bonchev–Trinajstić information content (AvgIpc) is 2.91. The molecule has 0 saturated heterocycles. The highest BCUT2D eigenvalue weighted by molar-refractivity contribution is 6.32. The summed E-state index contributed by atoms with van der Waals surface area (Å²) < 4.78 is 10.7. The van der Waals surface area contributed by atoms with E-state index < -0.39 is 36.7 Å². The number of aliphatic hydroxyl groups excluding tert-OH is 4. The number of aliphatic hydroxyl groups is 4. The molecular weight excluding hydrogens is 496 g/mol. The Bertz CT molecular complexity index is 1070. The Morgan fingerprint density at radius 2 is 1.32 bits per heavy atom. The number of carbonyl (C=O) groups excluding carboxylic acids is 2. The van der Waals surface area contributed by atoms with Gasteiger partial charge in [-0.1, -0.05) is 24.3 Å². The number of amides is 2. The Morgan fingerprint density at radius 1 is 0.842 bits per heavy atom. The molecule has 0 radical (unpaired) electrons. The number of nitrogens with zero attached hydrogens (tertiary/aromatic N) is 2. The van der Waals surface area contributed by atoms with E-state index >= 15 is 0 Å². The van der Waals surface area contributed by atoms with Crippen LogP contribution >= 0.6 is 0 Å². The fraction of sp³-hybridized carbons (Fsp3) is 0.385. The molecule has 3 atom stereocenters. The van der Waals surface area contributed by atoms with Crippen LogP contribution in [0.2, 0.25) is 0 Å². The summed E-state index contributed by atoms with van der Waals surface area (Å²) in [5.41, 5.74) is 5.53. The number of ether oxygens (including phenoxy) is 2. The summed E-state index contributed by atoms with van der Waals surface area (Å²) in [6, 6.07) is 13.8. The quantitative estimate of drug-likeness (QED) is 0.136. The topological polar surface area (TPSA) is 182 Å². The molecule has 206 valence electrons. The van der Waals surface area contributed by atoms with E-state index in [-0.39, 0.29) is 18.6 Å². The standard InChI is InChI=1S/C26H34N4O8/c1-3-37-19-9-5-17(6-10-19)13-23(33)29-27-15-21(25(35)26(36)22(32)16-31)28-30-24(34)14-18-7-11-20(12-8-18)38-4-2/h5-12,15,22,25-26,31-32,35-36H,3-4,13-14,16H2,1-2H3,(H,29,33)(H,30,34). The van der Waals surface area contributed by atoms with Crippen LogP contribution in [0, 0.1) is 0 Å². The van der Waals surface area contributed by atoms with Gasteiger partial charge in [0.15, 0.2) is 0 Å². The highest BCUT2D eigenvalue weighted by Gasteiger charge is 2.28. The first-order valence-electron chi connectivity index (χ1n) is 12.0. The molecule has 0 aliphatic heterocycles. The van der Waals surface area contributed by atoms with Crippen LogP contribution in [-0.4, -0.2) is 82.3 Å². The number of benzene rings is 2. The maximum Gasteiger partial charge on any atom is 0.244 e. The van der Waals surface area contributed by atoms with Crippen molar-refractivity contribution >= 4 is 23.7 Å². The Morgan fingerprint density at radius 3 is 1.76 bits per heavy atom. The fourth-order valence-corrected chi connectivity index (χ4v) is 3.15. The van der Waals surface area contributed by atoms with Crippen molar-refractivity contribution in [3.63, 3.8) is 0 Å². The number of hydrogen-bond acceptors (Lipinski definition) is 10. The molecule has 12 nitrogen and oxygen atoms in total. The lowest BCUT2D eigenvalue weighted by atomic mass is 10.0. The van der Waals surface area contributed by atoms with Crippen molar-refractivity contribution < 1.29 is 39.5 Å². The minimum atomic E-state index is -1.84. The van der Waals surface area contributed by atoms with Crippen LogP contribution in [0.5, 0.6) is 11.5 Å². The molecule has 38 heavy (non-hydrogen) atoms. The van der Waals surface area contributed by atoms with Crippen molar-refractivity contribution in [2.24, 2.45) is 10.2 Å². The number of carbonyl (C=O) groups is 2. The van der Waals surface area contributed by atoms with Crippen LogP contribution in [0.4, 0.5) is 0 Å². The van der Waals surface area contributed by atoms with Gasteiger partial charge in [0.1, 0.15) is 35.5 Å². The summed E-state index contributed by atoms with van der Waals surface area (Å²) in [4.78, 5) is 24.6. The van der Waals surface area contributed by atoms with Crippen molar-refractivity contribution in [2.75, 3.05) is 19.8 Å². The third-order valence-electron chi connectivity index (χ3n) is 5.10. The van der Waals surface area contributed by atoms with Crippen LogP contribution < -0.4 is 20.3 Å². The monoisotopic (exact) mass is 530 g/mol. The molecule has 0 spiro atoms. The van der Waals surface area contributed by atoms with Crippen molar-refractivity contribution in [1.82, 2.24) is 10.9 Å². The van der Waals surface area contributed by atoms with Gasteiger partial charge in [0, 0.05) is 0 Å². The lowest BCUT2D eigenvalue weighted by Gasteiger charge is -2.21. The number of hydrogen-bond donors (Lipinski definition) is 6. The smallest absolute Gasteiger partial charge is 0.244 e. The van der Waals surface area contributed by atoms with Gasteiger partial charge in [-0.3, -0.25) is 9.59 Å². The minimum Gasteiger partial charge on any atom is -0.494 e. The van der Waals surface area contributed by atoms with Crippen LogP contribution in [-0.2, 0) is 22.4 Å². The summed E-state index contributed by atoms with van der Waals surface area (Å²) >= 11 is 0. The van der Waals surface area contributed by atoms with E-state index in [2.05, 4.69) is 21.1 Å². The first-order valence-corrected chi connectivity index (χ1v) is 12.0. The second-order valence-corrected chi connectivity index (χ2v) is 8.06. The SMILES string of the molecule is CCOc1ccc(CC(=O)NN=CC(=NNC(=O)Cc2ccc(OCC)cc2)C(O)C(O)C(O)CO)cc1. The summed E-state index contributed by atoms with van der Waals surface area (Å²) in [7, 11) is 0. The van der Waals surface area contributed by atoms with Crippen molar-refractivity contribution in [3.8, 4) is 11.5 Å². The molecule has 0 aliphatic rings. The highest BCUT2D eigenvalue weighted by atomic mass is 16.5. The largest absolute Gasteiger partial charge is 0.494 e. The molecule has 0 saturated carbocycles. The molecule has 0 aliphatic carbocycles. The van der Waals surface area contributed by atoms with Crippen LogP contribution in [0.15, 0.2) is 58.7 Å². The Kier molecular flexibility index (Phi) is 12.9. The van der Waals surface area contributed by atoms with Crippen molar-refractivity contribution in [3.05, 3.63) is 59.7 Å². The molecule has 2 rings (SSSR count). The van der Waals surface area contributed by atoms with Gasteiger partial charge in [-0.25, -0.2) is 10.9 Å². The third-order valence-corrected chi connectivity index (χ3v) is 5.10. The molecule has 0 fully saturated rings. The maximum atomic E-state index is 12.4. The number of hydrazone groups is 2. The fourth-order valence-electron chi connectivity index (χ4n) is 3.15. The lowest BCUT2D eigenvalue weighted by Crippen LogP contribution is -2.45. The molecule has 2 aromatic rings. The van der Waals surface area contributed by atoms with E-state index in [1.165, 1.54) is 0 Å². The lowest BCUT2D eigenvalue weighted by molar-refractivity contribution is -0.121. The third kappa shape index (κ3) is 10.3. The van der Waals surface area contributed by atoms with Gasteiger partial charge in [-0.15, -0.1) is 0 Å².